The van der Waals surface area contributed by atoms with Crippen molar-refractivity contribution in [2.75, 3.05) is 31.6 Å². The number of likely N-dealkylation sites (N-methyl/N-ethyl adjacent to an activating group) is 1. The number of sulfone groups is 1. The first-order valence-electron chi connectivity index (χ1n) is 7.56. The van der Waals surface area contributed by atoms with Crippen molar-refractivity contribution in [2.45, 2.75) is 51.5 Å². The van der Waals surface area contributed by atoms with Gasteiger partial charge < -0.3 is 9.64 Å². The molecular formula is C14H26N2O4S. The molecule has 2 rings (SSSR count). The van der Waals surface area contributed by atoms with Crippen LogP contribution in [0.2, 0.25) is 0 Å². The fraction of sp³-hybridized carbons (Fsp3) is 0.929. The lowest BCUT2D eigenvalue weighted by Gasteiger charge is -2.40. The van der Waals surface area contributed by atoms with Crippen molar-refractivity contribution in [3.05, 3.63) is 0 Å². The van der Waals surface area contributed by atoms with Crippen LogP contribution in [-0.4, -0.2) is 80.1 Å². The van der Waals surface area contributed by atoms with E-state index in [9.17, 15) is 13.2 Å². The third-order valence-electron chi connectivity index (χ3n) is 4.46. The average Bonchev–Trinajstić information content (AvgIpc) is 2.75. The number of hydrogen-bond acceptors (Lipinski definition) is 5. The predicted octanol–water partition coefficient (Wildman–Crippen LogP) is 0.130. The van der Waals surface area contributed by atoms with Crippen molar-refractivity contribution in [3.8, 4) is 0 Å². The largest absolute Gasteiger partial charge is 0.373 e. The van der Waals surface area contributed by atoms with Gasteiger partial charge in [-0.15, -0.1) is 0 Å². The van der Waals surface area contributed by atoms with Crippen LogP contribution in [0.4, 0.5) is 0 Å². The average molecular weight is 318 g/mol. The van der Waals surface area contributed by atoms with E-state index in [1.54, 1.807) is 11.9 Å². The van der Waals surface area contributed by atoms with Gasteiger partial charge in [-0.25, -0.2) is 8.42 Å². The first kappa shape index (κ1) is 16.7. The third kappa shape index (κ3) is 3.96. The maximum absolute atomic E-state index is 12.6. The summed E-state index contributed by atoms with van der Waals surface area (Å²) in [4.78, 5) is 16.4. The highest BCUT2D eigenvalue weighted by Gasteiger charge is 2.36. The summed E-state index contributed by atoms with van der Waals surface area (Å²) < 4.78 is 28.8. The SMILES string of the molecule is CC1CN(C(C)C(=O)N(C)C2CCS(=O)(=O)C2)CC(C)O1. The lowest BCUT2D eigenvalue weighted by molar-refractivity contribution is -0.142. The van der Waals surface area contributed by atoms with Crippen LogP contribution in [0.15, 0.2) is 0 Å². The molecule has 0 aliphatic carbocycles. The summed E-state index contributed by atoms with van der Waals surface area (Å²) in [7, 11) is -1.25. The Balaban J connectivity index is 1.98. The summed E-state index contributed by atoms with van der Waals surface area (Å²) in [6.07, 6.45) is 0.773. The molecule has 0 aromatic carbocycles. The molecule has 21 heavy (non-hydrogen) atoms. The monoisotopic (exact) mass is 318 g/mol. The number of ether oxygens (including phenoxy) is 1. The van der Waals surface area contributed by atoms with Gasteiger partial charge in [-0.2, -0.15) is 0 Å². The molecule has 2 aliphatic rings. The van der Waals surface area contributed by atoms with Gasteiger partial charge in [0.2, 0.25) is 5.91 Å². The highest BCUT2D eigenvalue weighted by Crippen LogP contribution is 2.20. The van der Waals surface area contributed by atoms with E-state index in [0.717, 1.165) is 13.1 Å². The quantitative estimate of drug-likeness (QED) is 0.740. The van der Waals surface area contributed by atoms with Crippen LogP contribution in [0, 0.1) is 0 Å². The van der Waals surface area contributed by atoms with Crippen LogP contribution in [0.3, 0.4) is 0 Å². The maximum atomic E-state index is 12.6. The van der Waals surface area contributed by atoms with Gasteiger partial charge in [-0.05, 0) is 27.2 Å². The molecule has 0 saturated carbocycles. The number of carbonyl (C=O) groups is 1. The van der Waals surface area contributed by atoms with E-state index in [-0.39, 0.29) is 41.7 Å². The summed E-state index contributed by atoms with van der Waals surface area (Å²) in [6, 6.07) is -0.423. The molecule has 2 fully saturated rings. The number of morpholine rings is 1. The van der Waals surface area contributed by atoms with Crippen molar-refractivity contribution in [1.82, 2.24) is 9.80 Å². The second-order valence-electron chi connectivity index (χ2n) is 6.39. The zero-order chi connectivity index (χ0) is 15.8. The normalized spacial score (nSPS) is 34.6. The van der Waals surface area contributed by atoms with Crippen LogP contribution in [-0.2, 0) is 19.4 Å². The Hall–Kier alpha value is -0.660. The van der Waals surface area contributed by atoms with Crippen molar-refractivity contribution in [3.63, 3.8) is 0 Å². The van der Waals surface area contributed by atoms with E-state index in [2.05, 4.69) is 4.90 Å². The minimum absolute atomic E-state index is 0.00148. The number of rotatable bonds is 3. The molecule has 6 nitrogen and oxygen atoms in total. The number of nitrogens with zero attached hydrogens (tertiary/aromatic N) is 2. The molecule has 122 valence electrons. The number of hydrogen-bond donors (Lipinski definition) is 0. The molecule has 0 spiro atoms. The van der Waals surface area contributed by atoms with Crippen molar-refractivity contribution in [1.29, 1.82) is 0 Å². The van der Waals surface area contributed by atoms with E-state index in [1.165, 1.54) is 0 Å². The Morgan fingerprint density at radius 1 is 1.29 bits per heavy atom. The van der Waals surface area contributed by atoms with Gasteiger partial charge in [0.15, 0.2) is 9.84 Å². The molecule has 7 heteroatoms. The summed E-state index contributed by atoms with van der Waals surface area (Å²) in [6.45, 7) is 7.37. The molecule has 1 amide bonds. The Bertz CT molecular complexity index is 483. The van der Waals surface area contributed by atoms with Gasteiger partial charge in [0.1, 0.15) is 0 Å². The molecule has 2 heterocycles. The van der Waals surface area contributed by atoms with Crippen LogP contribution < -0.4 is 0 Å². The Morgan fingerprint density at radius 2 is 1.86 bits per heavy atom. The van der Waals surface area contributed by atoms with Gasteiger partial charge in [0, 0.05) is 26.2 Å². The van der Waals surface area contributed by atoms with Gasteiger partial charge in [-0.3, -0.25) is 9.69 Å². The number of amides is 1. The van der Waals surface area contributed by atoms with E-state index in [1.807, 2.05) is 20.8 Å². The molecule has 2 saturated heterocycles. The summed E-state index contributed by atoms with van der Waals surface area (Å²) in [5, 5.41) is 0. The second kappa shape index (κ2) is 6.22. The van der Waals surface area contributed by atoms with Gasteiger partial charge in [0.05, 0.1) is 29.8 Å². The second-order valence-corrected chi connectivity index (χ2v) is 8.62. The minimum atomic E-state index is -2.97. The van der Waals surface area contributed by atoms with Gasteiger partial charge in [0.25, 0.3) is 0 Å². The molecule has 0 N–H and O–H groups in total. The lowest BCUT2D eigenvalue weighted by atomic mass is 10.1. The zero-order valence-electron chi connectivity index (χ0n) is 13.3. The minimum Gasteiger partial charge on any atom is -0.373 e. The molecule has 0 bridgehead atoms. The van der Waals surface area contributed by atoms with Crippen LogP contribution in [0.1, 0.15) is 27.2 Å². The van der Waals surface area contributed by atoms with E-state index in [0.29, 0.717) is 6.42 Å². The topological polar surface area (TPSA) is 66.9 Å². The Labute approximate surface area is 127 Å². The molecule has 4 unspecified atom stereocenters. The maximum Gasteiger partial charge on any atom is 0.239 e. The summed E-state index contributed by atoms with van der Waals surface area (Å²) >= 11 is 0. The van der Waals surface area contributed by atoms with Crippen molar-refractivity contribution >= 4 is 15.7 Å². The summed E-state index contributed by atoms with van der Waals surface area (Å²) in [5.74, 6) is 0.283. The smallest absolute Gasteiger partial charge is 0.239 e. The first-order valence-corrected chi connectivity index (χ1v) is 9.38. The van der Waals surface area contributed by atoms with Gasteiger partial charge >= 0.3 is 0 Å². The molecule has 0 aromatic rings. The molecule has 2 aliphatic heterocycles. The van der Waals surface area contributed by atoms with Crippen LogP contribution >= 0.6 is 0 Å². The van der Waals surface area contributed by atoms with E-state index < -0.39 is 9.84 Å². The molecular weight excluding hydrogens is 292 g/mol. The molecule has 0 aromatic heterocycles. The Morgan fingerprint density at radius 3 is 2.33 bits per heavy atom. The summed E-state index contributed by atoms with van der Waals surface area (Å²) in [5.41, 5.74) is 0. The number of carbonyl (C=O) groups excluding carboxylic acids is 1. The fourth-order valence-electron chi connectivity index (χ4n) is 3.25. The van der Waals surface area contributed by atoms with Crippen molar-refractivity contribution < 1.29 is 17.9 Å². The fourth-order valence-corrected chi connectivity index (χ4v) is 5.02. The standard InChI is InChI=1S/C14H26N2O4S/c1-10-7-16(8-11(2)20-10)12(3)14(17)15(4)13-5-6-21(18,19)9-13/h10-13H,5-9H2,1-4H3. The third-order valence-corrected chi connectivity index (χ3v) is 6.21. The zero-order valence-corrected chi connectivity index (χ0v) is 14.1. The van der Waals surface area contributed by atoms with Gasteiger partial charge in [-0.1, -0.05) is 0 Å². The Kier molecular flexibility index (Phi) is 4.95. The lowest BCUT2D eigenvalue weighted by Crippen LogP contribution is -2.55. The predicted molar refractivity (Wildman–Crippen MR) is 80.9 cm³/mol. The van der Waals surface area contributed by atoms with Crippen LogP contribution in [0.5, 0.6) is 0 Å². The highest BCUT2D eigenvalue weighted by molar-refractivity contribution is 7.91. The molecule has 0 radical (unpaired) electrons. The van der Waals surface area contributed by atoms with E-state index in [4.69, 9.17) is 4.74 Å². The van der Waals surface area contributed by atoms with E-state index >= 15 is 0 Å². The van der Waals surface area contributed by atoms with Crippen molar-refractivity contribution in [2.24, 2.45) is 0 Å². The highest BCUT2D eigenvalue weighted by atomic mass is 32.2. The van der Waals surface area contributed by atoms with Crippen LogP contribution in [0.25, 0.3) is 0 Å². The molecule has 4 atom stereocenters. The first-order chi connectivity index (χ1) is 9.69.